The number of carboxylic acids is 1. The number of hydrogen-bond acceptors (Lipinski definition) is 7. The van der Waals surface area contributed by atoms with Crippen molar-refractivity contribution in [1.82, 2.24) is 0 Å². The Bertz CT molecular complexity index is 758. The summed E-state index contributed by atoms with van der Waals surface area (Å²) in [6.45, 7) is 1.79. The highest BCUT2D eigenvalue weighted by Crippen LogP contribution is 2.30. The van der Waals surface area contributed by atoms with E-state index in [4.69, 9.17) is 24.3 Å². The van der Waals surface area contributed by atoms with Gasteiger partial charge in [-0.1, -0.05) is 22.8 Å². The zero-order chi connectivity index (χ0) is 17.9. The molecule has 10 nitrogen and oxygen atoms in total. The summed E-state index contributed by atoms with van der Waals surface area (Å²) in [6.07, 6.45) is -4.33. The molecule has 1 aliphatic rings. The van der Waals surface area contributed by atoms with Crippen LogP contribution in [0.25, 0.3) is 10.4 Å². The molecule has 0 bridgehead atoms. The van der Waals surface area contributed by atoms with Gasteiger partial charge in [-0.05, 0) is 24.6 Å². The minimum atomic E-state index is -4.24. The van der Waals surface area contributed by atoms with Crippen molar-refractivity contribution < 1.29 is 32.0 Å². The molecule has 1 unspecified atom stereocenters. The average molecular weight is 357 g/mol. The van der Waals surface area contributed by atoms with Crippen LogP contribution in [0, 0.1) is 6.92 Å². The highest BCUT2D eigenvalue weighted by Gasteiger charge is 2.51. The fourth-order valence-corrected chi connectivity index (χ4v) is 3.30. The van der Waals surface area contributed by atoms with Gasteiger partial charge in [0, 0.05) is 12.0 Å². The topological polar surface area (TPSA) is 148 Å². The van der Waals surface area contributed by atoms with Crippen molar-refractivity contribution in [3.63, 3.8) is 0 Å². The molecular formula is C13H15N3O7S. The number of methoxy groups -OCH3 is 1. The fourth-order valence-electron chi connectivity index (χ4n) is 2.22. The molecule has 1 N–H and O–H groups in total. The lowest BCUT2D eigenvalue weighted by Crippen LogP contribution is -2.38. The molecule has 1 saturated heterocycles. The number of aryl methyl sites for hydroxylation is 1. The number of hydrogen-bond donors (Lipinski definition) is 1. The Morgan fingerprint density at radius 2 is 2.00 bits per heavy atom. The third-order valence-electron chi connectivity index (χ3n) is 3.40. The summed E-state index contributed by atoms with van der Waals surface area (Å²) in [7, 11) is -3.05. The molecule has 1 fully saturated rings. The quantitative estimate of drug-likeness (QED) is 0.348. The van der Waals surface area contributed by atoms with E-state index < -0.39 is 40.6 Å². The van der Waals surface area contributed by atoms with Crippen molar-refractivity contribution in [3.05, 3.63) is 40.3 Å². The molecule has 2 rings (SSSR count). The number of aliphatic carboxylic acids is 1. The largest absolute Gasteiger partial charge is 0.479 e. The first-order valence-corrected chi connectivity index (χ1v) is 8.16. The average Bonchev–Trinajstić information content (AvgIpc) is 2.86. The molecule has 11 heteroatoms. The van der Waals surface area contributed by atoms with Gasteiger partial charge in [0.25, 0.3) is 10.1 Å². The Labute approximate surface area is 137 Å². The number of benzene rings is 1. The highest BCUT2D eigenvalue weighted by molar-refractivity contribution is 7.86. The van der Waals surface area contributed by atoms with Crippen molar-refractivity contribution in [1.29, 1.82) is 0 Å². The van der Waals surface area contributed by atoms with Crippen LogP contribution in [0.3, 0.4) is 0 Å². The molecule has 1 heterocycles. The van der Waals surface area contributed by atoms with Crippen LogP contribution in [0.15, 0.2) is 34.3 Å². The van der Waals surface area contributed by atoms with E-state index in [1.54, 1.807) is 19.1 Å². The molecule has 0 radical (unpaired) electrons. The number of azide groups is 1. The molecule has 0 aromatic heterocycles. The summed E-state index contributed by atoms with van der Waals surface area (Å²) < 4.78 is 39.8. The Morgan fingerprint density at radius 3 is 2.50 bits per heavy atom. The van der Waals surface area contributed by atoms with Crippen molar-refractivity contribution >= 4 is 16.1 Å². The maximum absolute atomic E-state index is 12.4. The lowest BCUT2D eigenvalue weighted by molar-refractivity contribution is -0.169. The molecule has 4 atom stereocenters. The molecule has 130 valence electrons. The van der Waals surface area contributed by atoms with Gasteiger partial charge in [0.2, 0.25) is 0 Å². The fraction of sp³-hybridized carbons (Fsp3) is 0.462. The van der Waals surface area contributed by atoms with E-state index >= 15 is 0 Å². The van der Waals surface area contributed by atoms with Crippen LogP contribution in [0.1, 0.15) is 5.56 Å². The second-order valence-electron chi connectivity index (χ2n) is 5.02. The summed E-state index contributed by atoms with van der Waals surface area (Å²) in [5, 5.41) is 12.4. The number of nitrogens with zero attached hydrogens (tertiary/aromatic N) is 3. The second-order valence-corrected chi connectivity index (χ2v) is 6.59. The minimum absolute atomic E-state index is 0.124. The third-order valence-corrected chi connectivity index (χ3v) is 4.73. The maximum atomic E-state index is 12.4. The van der Waals surface area contributed by atoms with E-state index in [1.807, 2.05) is 0 Å². The Balaban J connectivity index is 2.34. The predicted molar refractivity (Wildman–Crippen MR) is 79.5 cm³/mol. The predicted octanol–water partition coefficient (Wildman–Crippen LogP) is 1.20. The molecule has 0 saturated carbocycles. The molecule has 1 aromatic rings. The van der Waals surface area contributed by atoms with E-state index in [0.717, 1.165) is 5.56 Å². The van der Waals surface area contributed by atoms with E-state index in [1.165, 1.54) is 19.2 Å². The van der Waals surface area contributed by atoms with Gasteiger partial charge in [0.05, 0.1) is 4.90 Å². The van der Waals surface area contributed by atoms with Crippen LogP contribution in [0.4, 0.5) is 0 Å². The zero-order valence-corrected chi connectivity index (χ0v) is 13.6. The molecule has 1 aliphatic heterocycles. The zero-order valence-electron chi connectivity index (χ0n) is 12.8. The maximum Gasteiger partial charge on any atom is 0.333 e. The lowest BCUT2D eigenvalue weighted by atomic mass is 10.1. The van der Waals surface area contributed by atoms with Gasteiger partial charge < -0.3 is 14.6 Å². The van der Waals surface area contributed by atoms with Gasteiger partial charge in [-0.15, -0.1) is 0 Å². The number of carbonyl (C=O) groups is 1. The molecule has 24 heavy (non-hydrogen) atoms. The summed E-state index contributed by atoms with van der Waals surface area (Å²) in [4.78, 5) is 13.6. The van der Waals surface area contributed by atoms with Crippen LogP contribution >= 0.6 is 0 Å². The first kappa shape index (κ1) is 18.2. The Hall–Kier alpha value is -2.17. The van der Waals surface area contributed by atoms with E-state index in [0.29, 0.717) is 0 Å². The van der Waals surface area contributed by atoms with Crippen LogP contribution in [0.5, 0.6) is 0 Å². The van der Waals surface area contributed by atoms with Crippen molar-refractivity contribution in [2.45, 2.75) is 36.4 Å². The summed E-state index contributed by atoms with van der Waals surface area (Å²) >= 11 is 0. The lowest BCUT2D eigenvalue weighted by Gasteiger charge is -2.19. The monoisotopic (exact) mass is 357 g/mol. The smallest absolute Gasteiger partial charge is 0.333 e. The van der Waals surface area contributed by atoms with Crippen LogP contribution < -0.4 is 0 Å². The Morgan fingerprint density at radius 1 is 1.38 bits per heavy atom. The van der Waals surface area contributed by atoms with Crippen LogP contribution in [-0.4, -0.2) is 51.1 Å². The Kier molecular flexibility index (Phi) is 5.42. The van der Waals surface area contributed by atoms with E-state index in [9.17, 15) is 13.2 Å². The number of rotatable bonds is 6. The van der Waals surface area contributed by atoms with Gasteiger partial charge in [-0.2, -0.15) is 8.42 Å². The number of ether oxygens (including phenoxy) is 2. The number of carboxylic acid groups (broad SMARTS) is 1. The SMILES string of the molecule is COC1O[C@H](C(=O)O)[C@H](N=[N+]=[N-])[C@H]1OS(=O)(=O)c1ccc(C)cc1. The van der Waals surface area contributed by atoms with Gasteiger partial charge in [-0.25, -0.2) is 4.79 Å². The van der Waals surface area contributed by atoms with Gasteiger partial charge in [0.15, 0.2) is 12.4 Å². The molecule has 0 spiro atoms. The van der Waals surface area contributed by atoms with Crippen molar-refractivity contribution in [2.75, 3.05) is 7.11 Å². The van der Waals surface area contributed by atoms with Crippen LogP contribution in [-0.2, 0) is 28.6 Å². The normalized spacial score (nSPS) is 26.8. The first-order chi connectivity index (χ1) is 11.3. The minimum Gasteiger partial charge on any atom is -0.479 e. The molecule has 1 aromatic carbocycles. The molecular weight excluding hydrogens is 342 g/mol. The van der Waals surface area contributed by atoms with Crippen molar-refractivity contribution in [3.8, 4) is 0 Å². The third kappa shape index (κ3) is 3.66. The molecule has 0 amide bonds. The summed E-state index contributed by atoms with van der Waals surface area (Å²) in [5.74, 6) is -1.42. The van der Waals surface area contributed by atoms with Gasteiger partial charge in [0.1, 0.15) is 12.1 Å². The second kappa shape index (κ2) is 7.16. The van der Waals surface area contributed by atoms with Gasteiger partial charge >= 0.3 is 5.97 Å². The summed E-state index contributed by atoms with van der Waals surface area (Å²) in [6, 6.07) is 4.46. The standard InChI is InChI=1S/C13H15N3O7S/c1-7-3-5-8(6-4-7)24(19,20)23-11-9(15-16-14)10(12(17)18)22-13(11)21-2/h3-6,9-11,13H,1-2H3,(H,17,18)/t9-,10-,11+,13?/m0/s1. The first-order valence-electron chi connectivity index (χ1n) is 6.75. The molecule has 0 aliphatic carbocycles. The van der Waals surface area contributed by atoms with Crippen LogP contribution in [0.2, 0.25) is 0 Å². The van der Waals surface area contributed by atoms with E-state index in [2.05, 4.69) is 10.0 Å². The highest BCUT2D eigenvalue weighted by atomic mass is 32.2. The van der Waals surface area contributed by atoms with Gasteiger partial charge in [-0.3, -0.25) is 4.18 Å². The summed E-state index contributed by atoms with van der Waals surface area (Å²) in [5.41, 5.74) is 9.47. The van der Waals surface area contributed by atoms with Crippen molar-refractivity contribution in [2.24, 2.45) is 5.11 Å². The van der Waals surface area contributed by atoms with E-state index in [-0.39, 0.29) is 4.90 Å².